The number of imidazole rings is 1. The van der Waals surface area contributed by atoms with E-state index in [-0.39, 0.29) is 5.91 Å². The monoisotopic (exact) mass is 196 g/mol. The van der Waals surface area contributed by atoms with E-state index in [1.165, 1.54) is 0 Å². The van der Waals surface area contributed by atoms with Gasteiger partial charge in [0.2, 0.25) is 5.91 Å². The van der Waals surface area contributed by atoms with Gasteiger partial charge in [0.15, 0.2) is 0 Å². The smallest absolute Gasteiger partial charge is 0.221 e. The molecule has 0 unspecified atom stereocenters. The largest absolute Gasteiger partial charge is 0.356 e. The number of nitrogens with two attached hydrogens (primary N) is 1. The van der Waals surface area contributed by atoms with Crippen LogP contribution in [-0.4, -0.2) is 28.5 Å². The van der Waals surface area contributed by atoms with Gasteiger partial charge in [-0.25, -0.2) is 4.98 Å². The molecule has 1 rings (SSSR count). The van der Waals surface area contributed by atoms with Crippen molar-refractivity contribution in [1.29, 1.82) is 0 Å². The van der Waals surface area contributed by atoms with Gasteiger partial charge in [0.1, 0.15) is 5.82 Å². The van der Waals surface area contributed by atoms with Crippen molar-refractivity contribution in [3.05, 3.63) is 18.2 Å². The first kappa shape index (κ1) is 10.7. The normalized spacial score (nSPS) is 10.1. The molecule has 0 aliphatic carbocycles. The van der Waals surface area contributed by atoms with Gasteiger partial charge in [-0.2, -0.15) is 0 Å². The Morgan fingerprint density at radius 2 is 2.50 bits per heavy atom. The average Bonchev–Trinajstić information content (AvgIpc) is 2.52. The SMILES string of the molecule is Cn1ccnc1CCNC(=O)CCN. The van der Waals surface area contributed by atoms with Gasteiger partial charge >= 0.3 is 0 Å². The van der Waals surface area contributed by atoms with Crippen molar-refractivity contribution < 1.29 is 4.79 Å². The van der Waals surface area contributed by atoms with Crippen LogP contribution in [0.5, 0.6) is 0 Å². The molecule has 0 spiro atoms. The Kier molecular flexibility index (Phi) is 4.12. The number of nitrogens with zero attached hydrogens (tertiary/aromatic N) is 2. The predicted octanol–water partition coefficient (Wildman–Crippen LogP) is -0.572. The number of carbonyl (C=O) groups is 1. The second-order valence-corrected chi connectivity index (χ2v) is 3.09. The Balaban J connectivity index is 2.22. The Morgan fingerprint density at radius 3 is 3.07 bits per heavy atom. The van der Waals surface area contributed by atoms with Gasteiger partial charge in [-0.1, -0.05) is 0 Å². The van der Waals surface area contributed by atoms with Crippen LogP contribution >= 0.6 is 0 Å². The molecule has 0 aliphatic rings. The summed E-state index contributed by atoms with van der Waals surface area (Å²) in [7, 11) is 1.93. The van der Waals surface area contributed by atoms with Crippen LogP contribution in [0.25, 0.3) is 0 Å². The topological polar surface area (TPSA) is 72.9 Å². The summed E-state index contributed by atoms with van der Waals surface area (Å²) in [5.41, 5.74) is 5.24. The van der Waals surface area contributed by atoms with Crippen LogP contribution in [0.15, 0.2) is 12.4 Å². The second kappa shape index (κ2) is 5.39. The van der Waals surface area contributed by atoms with E-state index in [9.17, 15) is 4.79 Å². The van der Waals surface area contributed by atoms with Gasteiger partial charge in [-0.15, -0.1) is 0 Å². The minimum absolute atomic E-state index is 0.00158. The molecule has 0 aliphatic heterocycles. The number of hydrogen-bond donors (Lipinski definition) is 2. The highest BCUT2D eigenvalue weighted by Gasteiger charge is 2.01. The number of hydrogen-bond acceptors (Lipinski definition) is 3. The molecular weight excluding hydrogens is 180 g/mol. The van der Waals surface area contributed by atoms with Crippen molar-refractivity contribution >= 4 is 5.91 Å². The van der Waals surface area contributed by atoms with E-state index in [2.05, 4.69) is 10.3 Å². The molecule has 0 radical (unpaired) electrons. The summed E-state index contributed by atoms with van der Waals surface area (Å²) in [5.74, 6) is 0.972. The summed E-state index contributed by atoms with van der Waals surface area (Å²) in [6.07, 6.45) is 4.77. The molecule has 0 fully saturated rings. The summed E-state index contributed by atoms with van der Waals surface area (Å²) < 4.78 is 1.94. The zero-order valence-electron chi connectivity index (χ0n) is 8.36. The maximum atomic E-state index is 11.0. The molecule has 0 bridgehead atoms. The van der Waals surface area contributed by atoms with E-state index >= 15 is 0 Å². The maximum Gasteiger partial charge on any atom is 0.221 e. The van der Waals surface area contributed by atoms with Gasteiger partial charge in [0, 0.05) is 45.4 Å². The van der Waals surface area contributed by atoms with Crippen molar-refractivity contribution in [3.63, 3.8) is 0 Å². The lowest BCUT2D eigenvalue weighted by Crippen LogP contribution is -2.28. The Bertz CT molecular complexity index is 295. The minimum Gasteiger partial charge on any atom is -0.356 e. The van der Waals surface area contributed by atoms with Crippen molar-refractivity contribution in [2.45, 2.75) is 12.8 Å². The van der Waals surface area contributed by atoms with Crippen molar-refractivity contribution in [1.82, 2.24) is 14.9 Å². The van der Waals surface area contributed by atoms with E-state index in [1.54, 1.807) is 6.20 Å². The molecule has 3 N–H and O–H groups in total. The molecule has 0 saturated heterocycles. The highest BCUT2D eigenvalue weighted by molar-refractivity contribution is 5.75. The molecule has 0 atom stereocenters. The molecule has 78 valence electrons. The molecule has 1 aromatic rings. The molecule has 1 aromatic heterocycles. The van der Waals surface area contributed by atoms with Crippen LogP contribution in [0.1, 0.15) is 12.2 Å². The second-order valence-electron chi connectivity index (χ2n) is 3.09. The number of aryl methyl sites for hydroxylation is 1. The fourth-order valence-corrected chi connectivity index (χ4v) is 1.17. The molecule has 0 saturated carbocycles. The molecule has 5 heteroatoms. The van der Waals surface area contributed by atoms with Gasteiger partial charge in [-0.05, 0) is 0 Å². The average molecular weight is 196 g/mol. The number of amides is 1. The number of nitrogens with one attached hydrogen (secondary N) is 1. The lowest BCUT2D eigenvalue weighted by molar-refractivity contribution is -0.120. The van der Waals surface area contributed by atoms with Crippen LogP contribution in [0, 0.1) is 0 Å². The molecule has 0 aromatic carbocycles. The number of carbonyl (C=O) groups excluding carboxylic acids is 1. The standard InChI is InChI=1S/C9H16N4O/c1-13-7-6-11-8(13)3-5-12-9(14)2-4-10/h6-7H,2-5,10H2,1H3,(H,12,14). The van der Waals surface area contributed by atoms with E-state index in [1.807, 2.05) is 17.8 Å². The van der Waals surface area contributed by atoms with Gasteiger partial charge < -0.3 is 15.6 Å². The summed E-state index contributed by atoms with van der Waals surface area (Å²) in [6, 6.07) is 0. The third-order valence-electron chi connectivity index (χ3n) is 1.96. The first-order valence-corrected chi connectivity index (χ1v) is 4.67. The minimum atomic E-state index is 0.00158. The van der Waals surface area contributed by atoms with Gasteiger partial charge in [0.05, 0.1) is 0 Å². The Hall–Kier alpha value is -1.36. The fraction of sp³-hybridized carbons (Fsp3) is 0.556. The van der Waals surface area contributed by atoms with Crippen LogP contribution in [-0.2, 0) is 18.3 Å². The first-order valence-electron chi connectivity index (χ1n) is 4.67. The van der Waals surface area contributed by atoms with Crippen LogP contribution in [0.3, 0.4) is 0 Å². The van der Waals surface area contributed by atoms with Crippen LogP contribution < -0.4 is 11.1 Å². The molecule has 5 nitrogen and oxygen atoms in total. The molecular formula is C9H16N4O. The van der Waals surface area contributed by atoms with Gasteiger partial charge in [-0.3, -0.25) is 4.79 Å². The van der Waals surface area contributed by atoms with E-state index in [0.717, 1.165) is 12.2 Å². The zero-order valence-corrected chi connectivity index (χ0v) is 8.36. The highest BCUT2D eigenvalue weighted by Crippen LogP contribution is 1.93. The van der Waals surface area contributed by atoms with Crippen molar-refractivity contribution in [2.24, 2.45) is 12.8 Å². The maximum absolute atomic E-state index is 11.0. The van der Waals surface area contributed by atoms with Crippen molar-refractivity contribution in [2.75, 3.05) is 13.1 Å². The van der Waals surface area contributed by atoms with Crippen LogP contribution in [0.4, 0.5) is 0 Å². The van der Waals surface area contributed by atoms with E-state index < -0.39 is 0 Å². The predicted molar refractivity (Wildman–Crippen MR) is 53.6 cm³/mol. The molecule has 1 amide bonds. The Labute approximate surface area is 83.3 Å². The molecule has 1 heterocycles. The summed E-state index contributed by atoms with van der Waals surface area (Å²) >= 11 is 0. The quantitative estimate of drug-likeness (QED) is 0.662. The molecule has 14 heavy (non-hydrogen) atoms. The van der Waals surface area contributed by atoms with Crippen molar-refractivity contribution in [3.8, 4) is 0 Å². The number of aromatic nitrogens is 2. The first-order chi connectivity index (χ1) is 6.74. The van der Waals surface area contributed by atoms with Crippen LogP contribution in [0.2, 0.25) is 0 Å². The van der Waals surface area contributed by atoms with Gasteiger partial charge in [0.25, 0.3) is 0 Å². The summed E-state index contributed by atoms with van der Waals surface area (Å²) in [6.45, 7) is 1.01. The lowest BCUT2D eigenvalue weighted by Gasteiger charge is -2.04. The lowest BCUT2D eigenvalue weighted by atomic mass is 10.3. The van der Waals surface area contributed by atoms with E-state index in [4.69, 9.17) is 5.73 Å². The number of rotatable bonds is 5. The Morgan fingerprint density at radius 1 is 1.71 bits per heavy atom. The highest BCUT2D eigenvalue weighted by atomic mass is 16.1. The van der Waals surface area contributed by atoms with E-state index in [0.29, 0.717) is 19.5 Å². The third kappa shape index (κ3) is 3.18. The third-order valence-corrected chi connectivity index (χ3v) is 1.96. The summed E-state index contributed by atoms with van der Waals surface area (Å²) in [5, 5.41) is 2.78. The fourth-order valence-electron chi connectivity index (χ4n) is 1.17. The zero-order chi connectivity index (χ0) is 10.4. The summed E-state index contributed by atoms with van der Waals surface area (Å²) in [4.78, 5) is 15.2.